The summed E-state index contributed by atoms with van der Waals surface area (Å²) < 4.78 is 0. The maximum atomic E-state index is 12.1. The fourth-order valence-corrected chi connectivity index (χ4v) is 5.24. The number of nitrogens with one attached hydrogen (secondary N) is 1. The molecular formula is C28H35N7O. The zero-order valence-corrected chi connectivity index (χ0v) is 21.6. The predicted octanol–water partition coefficient (Wildman–Crippen LogP) is 3.10. The molecule has 0 saturated carbocycles. The molecule has 8 heteroatoms. The van der Waals surface area contributed by atoms with Crippen LogP contribution in [0, 0.1) is 6.92 Å². The third kappa shape index (κ3) is 4.73. The Bertz CT molecular complexity index is 1280. The third-order valence-corrected chi connectivity index (χ3v) is 7.46. The molecule has 188 valence electrons. The highest BCUT2D eigenvalue weighted by molar-refractivity contribution is 5.96. The number of carbonyl (C=O) groups is 1. The topological polar surface area (TPSA) is 90.6 Å². The van der Waals surface area contributed by atoms with Crippen molar-refractivity contribution in [2.75, 3.05) is 55.8 Å². The molecule has 1 saturated heterocycles. The van der Waals surface area contributed by atoms with Crippen LogP contribution < -0.4 is 20.9 Å². The number of carbonyl (C=O) groups excluding carboxylic acids is 1. The number of likely N-dealkylation sites (N-methyl/N-ethyl adjacent to an activating group) is 1. The molecule has 1 atom stereocenters. The van der Waals surface area contributed by atoms with E-state index in [-0.39, 0.29) is 5.91 Å². The van der Waals surface area contributed by atoms with Crippen molar-refractivity contribution in [3.8, 4) is 11.1 Å². The van der Waals surface area contributed by atoms with Gasteiger partial charge in [-0.1, -0.05) is 24.3 Å². The first-order valence-corrected chi connectivity index (χ1v) is 12.6. The van der Waals surface area contributed by atoms with Crippen LogP contribution in [-0.4, -0.2) is 67.1 Å². The van der Waals surface area contributed by atoms with Crippen molar-refractivity contribution in [1.29, 1.82) is 0 Å². The lowest BCUT2D eigenvalue weighted by Crippen LogP contribution is -2.45. The van der Waals surface area contributed by atoms with Crippen LogP contribution in [0.5, 0.6) is 0 Å². The second kappa shape index (κ2) is 9.78. The highest BCUT2D eigenvalue weighted by Crippen LogP contribution is 2.33. The van der Waals surface area contributed by atoms with E-state index in [1.54, 1.807) is 7.05 Å². The maximum absolute atomic E-state index is 12.1. The van der Waals surface area contributed by atoms with Gasteiger partial charge in [0.05, 0.1) is 0 Å². The Morgan fingerprint density at radius 2 is 1.67 bits per heavy atom. The lowest BCUT2D eigenvalue weighted by Gasteiger charge is -2.37. The van der Waals surface area contributed by atoms with Crippen LogP contribution in [0.1, 0.15) is 34.0 Å². The summed E-state index contributed by atoms with van der Waals surface area (Å²) in [5.41, 5.74) is 12.8. The molecule has 0 radical (unpaired) electrons. The fourth-order valence-electron chi connectivity index (χ4n) is 5.24. The van der Waals surface area contributed by atoms with Crippen LogP contribution >= 0.6 is 0 Å². The number of hydrogen-bond donors (Lipinski definition) is 2. The number of nitrogens with zero attached hydrogens (tertiary/aromatic N) is 5. The molecule has 2 aliphatic rings. The highest BCUT2D eigenvalue weighted by atomic mass is 16.1. The second-order valence-corrected chi connectivity index (χ2v) is 10.0. The monoisotopic (exact) mass is 485 g/mol. The van der Waals surface area contributed by atoms with E-state index in [4.69, 9.17) is 5.73 Å². The maximum Gasteiger partial charge on any atom is 0.251 e. The van der Waals surface area contributed by atoms with Crippen LogP contribution in [0.15, 0.2) is 42.5 Å². The van der Waals surface area contributed by atoms with Crippen molar-refractivity contribution in [2.24, 2.45) is 0 Å². The van der Waals surface area contributed by atoms with Crippen LogP contribution in [0.2, 0.25) is 0 Å². The summed E-state index contributed by atoms with van der Waals surface area (Å²) in [5.74, 6) is 2.05. The summed E-state index contributed by atoms with van der Waals surface area (Å²) in [7, 11) is 3.81. The second-order valence-electron chi connectivity index (χ2n) is 10.0. The van der Waals surface area contributed by atoms with Gasteiger partial charge in [-0.15, -0.1) is 0 Å². The molecule has 8 nitrogen and oxygen atoms in total. The number of nitrogens with two attached hydrogens (primary N) is 1. The van der Waals surface area contributed by atoms with E-state index in [1.807, 2.05) is 19.1 Å². The Hall–Kier alpha value is -3.65. The van der Waals surface area contributed by atoms with Crippen molar-refractivity contribution in [3.63, 3.8) is 0 Å². The standard InChI is InChI=1S/C28H35N7O/c1-18-13-20(7-8-24(18)27(36)30-3)22-6-5-21-14-19(2)35(17-23(21)15-22)26-16-25(31-28(29)32-26)34-11-9-33(4)10-12-34/h5-8,13,15-16,19H,9-12,14,17H2,1-4H3,(H,30,36)(H2,29,31,32). The van der Waals surface area contributed by atoms with Gasteiger partial charge in [0.15, 0.2) is 0 Å². The molecule has 36 heavy (non-hydrogen) atoms. The number of hydrogen-bond acceptors (Lipinski definition) is 7. The van der Waals surface area contributed by atoms with Gasteiger partial charge in [-0.3, -0.25) is 4.79 Å². The lowest BCUT2D eigenvalue weighted by molar-refractivity contribution is 0.0962. The summed E-state index contributed by atoms with van der Waals surface area (Å²) in [4.78, 5) is 28.3. The van der Waals surface area contributed by atoms with Crippen LogP contribution in [0.4, 0.5) is 17.6 Å². The number of piperazine rings is 1. The van der Waals surface area contributed by atoms with Gasteiger partial charge in [0.1, 0.15) is 11.6 Å². The first-order valence-electron chi connectivity index (χ1n) is 12.6. The Morgan fingerprint density at radius 3 is 2.39 bits per heavy atom. The van der Waals surface area contributed by atoms with Gasteiger partial charge in [-0.05, 0) is 67.3 Å². The smallest absolute Gasteiger partial charge is 0.251 e. The molecule has 3 N–H and O–H groups in total. The van der Waals surface area contributed by atoms with E-state index in [2.05, 4.69) is 74.3 Å². The minimum absolute atomic E-state index is 0.0609. The number of fused-ring (bicyclic) bond motifs is 1. The number of rotatable bonds is 4. The quantitative estimate of drug-likeness (QED) is 0.587. The summed E-state index contributed by atoms with van der Waals surface area (Å²) >= 11 is 0. The minimum Gasteiger partial charge on any atom is -0.368 e. The van der Waals surface area contributed by atoms with E-state index < -0.39 is 0 Å². The molecule has 3 heterocycles. The molecule has 0 aliphatic carbocycles. The normalized spacial score (nSPS) is 18.2. The highest BCUT2D eigenvalue weighted by Gasteiger charge is 2.26. The number of amides is 1. The van der Waals surface area contributed by atoms with Crippen LogP contribution in [-0.2, 0) is 13.0 Å². The zero-order valence-electron chi connectivity index (χ0n) is 21.6. The fraction of sp³-hybridized carbons (Fsp3) is 0.393. The molecular weight excluding hydrogens is 450 g/mol. The molecule has 1 aromatic heterocycles. The Balaban J connectivity index is 1.42. The third-order valence-electron chi connectivity index (χ3n) is 7.46. The van der Waals surface area contributed by atoms with Crippen molar-refractivity contribution < 1.29 is 4.79 Å². The van der Waals surface area contributed by atoms with E-state index >= 15 is 0 Å². The van der Waals surface area contributed by atoms with E-state index in [0.717, 1.165) is 67.5 Å². The first kappa shape index (κ1) is 24.1. The number of nitrogen functional groups attached to an aromatic ring is 1. The van der Waals surface area contributed by atoms with Gasteiger partial charge in [0, 0.05) is 57.4 Å². The van der Waals surface area contributed by atoms with Crippen LogP contribution in [0.3, 0.4) is 0 Å². The molecule has 5 rings (SSSR count). The lowest BCUT2D eigenvalue weighted by atomic mass is 9.90. The molecule has 1 amide bonds. The van der Waals surface area contributed by atoms with E-state index in [1.165, 1.54) is 11.1 Å². The van der Waals surface area contributed by atoms with Crippen molar-refractivity contribution in [3.05, 3.63) is 64.7 Å². The summed E-state index contributed by atoms with van der Waals surface area (Å²) in [6, 6.07) is 15.1. The van der Waals surface area contributed by atoms with E-state index in [0.29, 0.717) is 17.6 Å². The molecule has 1 fully saturated rings. The van der Waals surface area contributed by atoms with Gasteiger partial charge in [0.25, 0.3) is 5.91 Å². The molecule has 2 aliphatic heterocycles. The van der Waals surface area contributed by atoms with Crippen molar-refractivity contribution >= 4 is 23.5 Å². The molecule has 2 aromatic carbocycles. The predicted molar refractivity (Wildman–Crippen MR) is 146 cm³/mol. The van der Waals surface area contributed by atoms with Crippen molar-refractivity contribution in [1.82, 2.24) is 20.2 Å². The summed E-state index contributed by atoms with van der Waals surface area (Å²) in [5, 5.41) is 2.71. The molecule has 1 unspecified atom stereocenters. The average Bonchev–Trinajstić information content (AvgIpc) is 2.87. The first-order chi connectivity index (χ1) is 17.3. The summed E-state index contributed by atoms with van der Waals surface area (Å²) in [6.45, 7) is 8.88. The SMILES string of the molecule is CNC(=O)c1ccc(-c2ccc3c(c2)CN(c2cc(N4CCN(C)CC4)nc(N)n2)C(C)C3)cc1C. The molecule has 0 spiro atoms. The largest absolute Gasteiger partial charge is 0.368 e. The van der Waals surface area contributed by atoms with E-state index in [9.17, 15) is 4.79 Å². The molecule has 0 bridgehead atoms. The Morgan fingerprint density at radius 1 is 0.972 bits per heavy atom. The average molecular weight is 486 g/mol. The van der Waals surface area contributed by atoms with Gasteiger partial charge >= 0.3 is 0 Å². The number of benzene rings is 2. The number of aromatic nitrogens is 2. The Kier molecular flexibility index (Phi) is 6.53. The van der Waals surface area contributed by atoms with Gasteiger partial charge in [0.2, 0.25) is 5.95 Å². The van der Waals surface area contributed by atoms with Gasteiger partial charge < -0.3 is 25.8 Å². The number of aryl methyl sites for hydroxylation is 1. The zero-order chi connectivity index (χ0) is 25.4. The molecule has 3 aromatic rings. The Labute approximate surface area is 213 Å². The van der Waals surface area contributed by atoms with Gasteiger partial charge in [-0.25, -0.2) is 0 Å². The minimum atomic E-state index is -0.0609. The van der Waals surface area contributed by atoms with Crippen molar-refractivity contribution in [2.45, 2.75) is 32.9 Å². The summed E-state index contributed by atoms with van der Waals surface area (Å²) in [6.07, 6.45) is 0.942. The van der Waals surface area contributed by atoms with Gasteiger partial charge in [-0.2, -0.15) is 9.97 Å². The van der Waals surface area contributed by atoms with Crippen LogP contribution in [0.25, 0.3) is 11.1 Å². The number of anilines is 3.